The van der Waals surface area contributed by atoms with E-state index in [4.69, 9.17) is 0 Å². The zero-order valence-corrected chi connectivity index (χ0v) is 10.4. The van der Waals surface area contributed by atoms with Crippen LogP contribution in [0, 0.1) is 0 Å². The van der Waals surface area contributed by atoms with E-state index in [0.717, 1.165) is 18.9 Å². The molecular weight excluding hydrogens is 239 g/mol. The molecule has 1 aromatic carbocycles. The van der Waals surface area contributed by atoms with Gasteiger partial charge < -0.3 is 5.32 Å². The van der Waals surface area contributed by atoms with Crippen LogP contribution in [0.15, 0.2) is 36.9 Å². The molecule has 1 aromatic rings. The second kappa shape index (κ2) is 6.59. The van der Waals surface area contributed by atoms with Crippen molar-refractivity contribution in [1.82, 2.24) is 5.32 Å². The fourth-order valence-electron chi connectivity index (χ4n) is 1.83. The van der Waals surface area contributed by atoms with Gasteiger partial charge in [-0.05, 0) is 37.9 Å². The average Bonchev–Trinajstić information content (AvgIpc) is 2.33. The molecule has 0 aliphatic carbocycles. The maximum atomic E-state index is 12.6. The first kappa shape index (κ1) is 14.8. The van der Waals surface area contributed by atoms with E-state index in [1.54, 1.807) is 6.07 Å². The van der Waals surface area contributed by atoms with E-state index < -0.39 is 11.7 Å². The molecule has 0 radical (unpaired) electrons. The molecule has 0 heterocycles. The molecule has 0 amide bonds. The van der Waals surface area contributed by atoms with Gasteiger partial charge in [-0.15, -0.1) is 6.58 Å². The molecule has 0 saturated carbocycles. The van der Waals surface area contributed by atoms with Crippen LogP contribution in [0.5, 0.6) is 0 Å². The van der Waals surface area contributed by atoms with Gasteiger partial charge >= 0.3 is 6.18 Å². The molecule has 1 nitrogen and oxygen atoms in total. The number of benzene rings is 1. The van der Waals surface area contributed by atoms with Crippen molar-refractivity contribution in [1.29, 1.82) is 0 Å². The number of nitrogens with one attached hydrogen (secondary N) is 1. The van der Waals surface area contributed by atoms with Crippen LogP contribution in [0.1, 0.15) is 24.0 Å². The van der Waals surface area contributed by atoms with Gasteiger partial charge in [0.1, 0.15) is 0 Å². The minimum absolute atomic E-state index is 0.173. The number of alkyl halides is 3. The Kier molecular flexibility index (Phi) is 5.41. The van der Waals surface area contributed by atoms with Crippen LogP contribution in [-0.2, 0) is 12.6 Å². The van der Waals surface area contributed by atoms with Gasteiger partial charge in [-0.2, -0.15) is 13.2 Å². The first-order chi connectivity index (χ1) is 8.47. The third-order valence-electron chi connectivity index (χ3n) is 2.86. The van der Waals surface area contributed by atoms with Crippen molar-refractivity contribution in [3.63, 3.8) is 0 Å². The monoisotopic (exact) mass is 257 g/mol. The first-order valence-corrected chi connectivity index (χ1v) is 5.91. The Morgan fingerprint density at radius 2 is 2.11 bits per heavy atom. The van der Waals surface area contributed by atoms with Gasteiger partial charge in [-0.3, -0.25) is 0 Å². The van der Waals surface area contributed by atoms with E-state index in [-0.39, 0.29) is 6.04 Å². The molecule has 0 aliphatic heterocycles. The molecule has 100 valence electrons. The third-order valence-corrected chi connectivity index (χ3v) is 2.86. The lowest BCUT2D eigenvalue weighted by molar-refractivity contribution is -0.137. The van der Waals surface area contributed by atoms with E-state index in [1.807, 2.05) is 13.1 Å². The van der Waals surface area contributed by atoms with Crippen molar-refractivity contribution < 1.29 is 13.2 Å². The summed E-state index contributed by atoms with van der Waals surface area (Å²) in [5.74, 6) is 0. The highest BCUT2D eigenvalue weighted by atomic mass is 19.4. The summed E-state index contributed by atoms with van der Waals surface area (Å²) in [6.07, 6.45) is -0.141. The summed E-state index contributed by atoms with van der Waals surface area (Å²) in [5.41, 5.74) is 0.117. The second-order valence-corrected chi connectivity index (χ2v) is 4.25. The Labute approximate surface area is 106 Å². The van der Waals surface area contributed by atoms with Crippen LogP contribution in [0.2, 0.25) is 0 Å². The van der Waals surface area contributed by atoms with Gasteiger partial charge in [0.2, 0.25) is 0 Å². The van der Waals surface area contributed by atoms with Crippen molar-refractivity contribution in [2.24, 2.45) is 0 Å². The number of halogens is 3. The summed E-state index contributed by atoms with van der Waals surface area (Å²) in [4.78, 5) is 0. The fourth-order valence-corrected chi connectivity index (χ4v) is 1.83. The van der Waals surface area contributed by atoms with E-state index in [2.05, 4.69) is 11.9 Å². The number of hydrogen-bond acceptors (Lipinski definition) is 1. The molecule has 1 atom stereocenters. The summed E-state index contributed by atoms with van der Waals surface area (Å²) in [6, 6.07) is 5.68. The predicted octanol–water partition coefficient (Wildman–Crippen LogP) is 3.80. The summed E-state index contributed by atoms with van der Waals surface area (Å²) < 4.78 is 37.7. The minimum atomic E-state index is -4.27. The summed E-state index contributed by atoms with van der Waals surface area (Å²) in [5, 5.41) is 3.11. The van der Waals surface area contributed by atoms with Crippen molar-refractivity contribution in [2.75, 3.05) is 7.05 Å². The normalized spacial score (nSPS) is 13.3. The van der Waals surface area contributed by atoms with Crippen molar-refractivity contribution >= 4 is 0 Å². The molecule has 0 spiro atoms. The Hall–Kier alpha value is -1.29. The van der Waals surface area contributed by atoms with E-state index >= 15 is 0 Å². The average molecular weight is 257 g/mol. The standard InChI is InChI=1S/C14H18F3N/c1-3-4-8-13(18-2)10-11-6-5-7-12(9-11)14(15,16)17/h3,5-7,9,13,18H,1,4,8,10H2,2H3. The molecule has 0 aliphatic rings. The van der Waals surface area contributed by atoms with Gasteiger partial charge in [0.25, 0.3) is 0 Å². The SMILES string of the molecule is C=CCCC(Cc1cccc(C(F)(F)F)c1)NC. The van der Waals surface area contributed by atoms with Crippen LogP contribution in [0.4, 0.5) is 13.2 Å². The van der Waals surface area contributed by atoms with E-state index in [0.29, 0.717) is 12.0 Å². The highest BCUT2D eigenvalue weighted by Crippen LogP contribution is 2.29. The fraction of sp³-hybridized carbons (Fsp3) is 0.429. The summed E-state index contributed by atoms with van der Waals surface area (Å²) in [6.45, 7) is 3.64. The molecule has 0 fully saturated rings. The van der Waals surface area contributed by atoms with Crippen LogP contribution in [-0.4, -0.2) is 13.1 Å². The molecular formula is C14H18F3N. The molecule has 4 heteroatoms. The largest absolute Gasteiger partial charge is 0.416 e. The Morgan fingerprint density at radius 1 is 1.39 bits per heavy atom. The van der Waals surface area contributed by atoms with Crippen molar-refractivity contribution in [2.45, 2.75) is 31.5 Å². The van der Waals surface area contributed by atoms with Crippen LogP contribution >= 0.6 is 0 Å². The molecule has 1 N–H and O–H groups in total. The van der Waals surface area contributed by atoms with Gasteiger partial charge in [0.05, 0.1) is 5.56 Å². The van der Waals surface area contributed by atoms with Gasteiger partial charge in [0, 0.05) is 6.04 Å². The number of likely N-dealkylation sites (N-methyl/N-ethyl adjacent to an activating group) is 1. The molecule has 18 heavy (non-hydrogen) atoms. The smallest absolute Gasteiger partial charge is 0.317 e. The third kappa shape index (κ3) is 4.53. The maximum absolute atomic E-state index is 12.6. The highest BCUT2D eigenvalue weighted by molar-refractivity contribution is 5.26. The zero-order valence-electron chi connectivity index (χ0n) is 10.4. The molecule has 0 saturated heterocycles. The number of allylic oxidation sites excluding steroid dienone is 1. The Morgan fingerprint density at radius 3 is 2.67 bits per heavy atom. The second-order valence-electron chi connectivity index (χ2n) is 4.25. The van der Waals surface area contributed by atoms with Crippen molar-refractivity contribution in [3.05, 3.63) is 48.0 Å². The zero-order chi connectivity index (χ0) is 13.6. The molecule has 0 aromatic heterocycles. The lowest BCUT2D eigenvalue weighted by Gasteiger charge is -2.16. The summed E-state index contributed by atoms with van der Waals surface area (Å²) >= 11 is 0. The number of rotatable bonds is 6. The lowest BCUT2D eigenvalue weighted by atomic mass is 10.00. The first-order valence-electron chi connectivity index (χ1n) is 5.91. The van der Waals surface area contributed by atoms with Gasteiger partial charge in [0.15, 0.2) is 0 Å². The van der Waals surface area contributed by atoms with Gasteiger partial charge in [-0.25, -0.2) is 0 Å². The lowest BCUT2D eigenvalue weighted by Crippen LogP contribution is -2.27. The van der Waals surface area contributed by atoms with Crippen LogP contribution in [0.25, 0.3) is 0 Å². The minimum Gasteiger partial charge on any atom is -0.317 e. The van der Waals surface area contributed by atoms with E-state index in [1.165, 1.54) is 12.1 Å². The number of hydrogen-bond donors (Lipinski definition) is 1. The van der Waals surface area contributed by atoms with Gasteiger partial charge in [-0.1, -0.05) is 24.3 Å². The van der Waals surface area contributed by atoms with Crippen LogP contribution in [0.3, 0.4) is 0 Å². The van der Waals surface area contributed by atoms with E-state index in [9.17, 15) is 13.2 Å². The maximum Gasteiger partial charge on any atom is 0.416 e. The Bertz CT molecular complexity index is 385. The highest BCUT2D eigenvalue weighted by Gasteiger charge is 2.30. The molecule has 1 unspecified atom stereocenters. The van der Waals surface area contributed by atoms with Crippen molar-refractivity contribution in [3.8, 4) is 0 Å². The Balaban J connectivity index is 2.74. The topological polar surface area (TPSA) is 12.0 Å². The predicted molar refractivity (Wildman–Crippen MR) is 67.4 cm³/mol. The van der Waals surface area contributed by atoms with Crippen LogP contribution < -0.4 is 5.32 Å². The summed E-state index contributed by atoms with van der Waals surface area (Å²) in [7, 11) is 1.82. The quantitative estimate of drug-likeness (QED) is 0.764. The molecule has 1 rings (SSSR count). The molecule has 0 bridgehead atoms.